The van der Waals surface area contributed by atoms with Crippen molar-refractivity contribution >= 4 is 0 Å². The molecular weight excluding hydrogens is 180 g/mol. The fraction of sp³-hybridized carbons (Fsp3) is 0.818. The molecule has 0 radical (unpaired) electrons. The lowest BCUT2D eigenvalue weighted by molar-refractivity contribution is -0.213. The molecule has 0 spiro atoms. The molecule has 3 heteroatoms. The zero-order valence-electron chi connectivity index (χ0n) is 8.98. The van der Waals surface area contributed by atoms with Gasteiger partial charge in [-0.1, -0.05) is 13.0 Å². The topological polar surface area (TPSA) is 38.7 Å². The molecule has 1 fully saturated rings. The monoisotopic (exact) mass is 200 g/mol. The van der Waals surface area contributed by atoms with Crippen LogP contribution in [0.5, 0.6) is 0 Å². The van der Waals surface area contributed by atoms with Crippen molar-refractivity contribution in [1.29, 1.82) is 0 Å². The lowest BCUT2D eigenvalue weighted by Crippen LogP contribution is -2.40. The van der Waals surface area contributed by atoms with Crippen molar-refractivity contribution in [2.24, 2.45) is 5.92 Å². The Morgan fingerprint density at radius 1 is 1.64 bits per heavy atom. The van der Waals surface area contributed by atoms with Gasteiger partial charge >= 0.3 is 0 Å². The Hall–Kier alpha value is -0.380. The third kappa shape index (κ3) is 3.08. The van der Waals surface area contributed by atoms with Crippen LogP contribution < -0.4 is 0 Å². The highest BCUT2D eigenvalue weighted by atomic mass is 16.7. The summed E-state index contributed by atoms with van der Waals surface area (Å²) in [6.07, 6.45) is 3.38. The maximum Gasteiger partial charge on any atom is 0.157 e. The zero-order chi connectivity index (χ0) is 10.6. The highest BCUT2D eigenvalue weighted by molar-refractivity contribution is 4.82. The van der Waals surface area contributed by atoms with E-state index in [0.717, 1.165) is 12.8 Å². The molecule has 1 N–H and O–H groups in total. The van der Waals surface area contributed by atoms with Gasteiger partial charge in [0.1, 0.15) is 0 Å². The fourth-order valence-electron chi connectivity index (χ4n) is 1.85. The summed E-state index contributed by atoms with van der Waals surface area (Å²) in [4.78, 5) is 0. The second-order valence-corrected chi connectivity index (χ2v) is 4.01. The van der Waals surface area contributed by atoms with E-state index in [0.29, 0.717) is 12.3 Å². The predicted octanol–water partition coefficient (Wildman–Crippen LogP) is 1.71. The second kappa shape index (κ2) is 5.49. The molecule has 0 aromatic carbocycles. The van der Waals surface area contributed by atoms with E-state index in [1.165, 1.54) is 0 Å². The minimum Gasteiger partial charge on any atom is -0.390 e. The fourth-order valence-corrected chi connectivity index (χ4v) is 1.85. The first-order valence-corrected chi connectivity index (χ1v) is 5.14. The van der Waals surface area contributed by atoms with E-state index >= 15 is 0 Å². The van der Waals surface area contributed by atoms with Gasteiger partial charge < -0.3 is 14.6 Å². The van der Waals surface area contributed by atoms with Gasteiger partial charge in [-0.25, -0.2) is 0 Å². The first-order valence-electron chi connectivity index (χ1n) is 5.14. The van der Waals surface area contributed by atoms with E-state index in [1.807, 2.05) is 0 Å². The molecule has 0 bridgehead atoms. The summed E-state index contributed by atoms with van der Waals surface area (Å²) in [5.41, 5.74) is 0. The number of hydrogen-bond acceptors (Lipinski definition) is 3. The number of ether oxygens (including phenoxy) is 2. The smallest absolute Gasteiger partial charge is 0.157 e. The average Bonchev–Trinajstić information content (AvgIpc) is 2.17. The number of aliphatic hydroxyl groups excluding tert-OH is 1. The van der Waals surface area contributed by atoms with Crippen LogP contribution in [0.25, 0.3) is 0 Å². The molecule has 82 valence electrons. The third-order valence-electron chi connectivity index (χ3n) is 2.66. The molecule has 1 rings (SSSR count). The van der Waals surface area contributed by atoms with Gasteiger partial charge in [0.25, 0.3) is 0 Å². The number of aliphatic hydroxyl groups is 1. The quantitative estimate of drug-likeness (QED) is 0.702. The van der Waals surface area contributed by atoms with Crippen LogP contribution in [0.2, 0.25) is 0 Å². The molecule has 1 heterocycles. The van der Waals surface area contributed by atoms with Crippen molar-refractivity contribution in [2.45, 2.75) is 44.7 Å². The Morgan fingerprint density at radius 3 is 2.93 bits per heavy atom. The van der Waals surface area contributed by atoms with Crippen LogP contribution >= 0.6 is 0 Å². The number of hydrogen-bond donors (Lipinski definition) is 1. The number of methoxy groups -OCH3 is 1. The Balaban J connectivity index is 2.47. The first kappa shape index (κ1) is 11.7. The summed E-state index contributed by atoms with van der Waals surface area (Å²) >= 11 is 0. The molecule has 0 aromatic heterocycles. The number of rotatable bonds is 4. The van der Waals surface area contributed by atoms with E-state index in [9.17, 15) is 5.11 Å². The van der Waals surface area contributed by atoms with Gasteiger partial charge in [0, 0.05) is 13.5 Å². The van der Waals surface area contributed by atoms with E-state index < -0.39 is 6.10 Å². The molecule has 1 aliphatic rings. The van der Waals surface area contributed by atoms with Gasteiger partial charge in [-0.15, -0.1) is 6.58 Å². The van der Waals surface area contributed by atoms with Crippen LogP contribution in [0, 0.1) is 5.92 Å². The maximum atomic E-state index is 9.75. The highest BCUT2D eigenvalue weighted by Crippen LogP contribution is 2.27. The van der Waals surface area contributed by atoms with Crippen molar-refractivity contribution in [1.82, 2.24) is 0 Å². The summed E-state index contributed by atoms with van der Waals surface area (Å²) in [5.74, 6) is 0.540. The van der Waals surface area contributed by atoms with E-state index in [1.54, 1.807) is 13.2 Å². The summed E-state index contributed by atoms with van der Waals surface area (Å²) in [6.45, 7) is 5.76. The molecule has 4 atom stereocenters. The Bertz CT molecular complexity index is 181. The maximum absolute atomic E-state index is 9.75. The molecule has 0 aromatic rings. The Labute approximate surface area is 85.7 Å². The molecule has 1 aliphatic heterocycles. The molecule has 0 saturated carbocycles. The summed E-state index contributed by atoms with van der Waals surface area (Å²) in [7, 11) is 1.64. The highest BCUT2D eigenvalue weighted by Gasteiger charge is 2.30. The van der Waals surface area contributed by atoms with Crippen molar-refractivity contribution < 1.29 is 14.6 Å². The lowest BCUT2D eigenvalue weighted by atomic mass is 9.93. The van der Waals surface area contributed by atoms with Crippen LogP contribution in [0.4, 0.5) is 0 Å². The van der Waals surface area contributed by atoms with Crippen LogP contribution in [-0.4, -0.2) is 30.7 Å². The van der Waals surface area contributed by atoms with Crippen molar-refractivity contribution in [3.8, 4) is 0 Å². The minimum atomic E-state index is -0.451. The van der Waals surface area contributed by atoms with Crippen LogP contribution in [0.1, 0.15) is 26.2 Å². The molecule has 14 heavy (non-hydrogen) atoms. The Morgan fingerprint density at radius 2 is 2.36 bits per heavy atom. The standard InChI is InChI=1S/C11H20O3/c1-4-5-9(12)10-6-8(2)7-11(13-3)14-10/h4,8-12H,1,5-7H2,2-3H3/t8?,9-,10-,11+/m0/s1. The normalized spacial score (nSPS) is 35.2. The SMILES string of the molecule is C=CC[C@H](O)[C@@H]1CC(C)C[C@H](OC)O1. The Kier molecular flexibility index (Phi) is 4.58. The predicted molar refractivity (Wildman–Crippen MR) is 54.9 cm³/mol. The van der Waals surface area contributed by atoms with Crippen molar-refractivity contribution in [2.75, 3.05) is 7.11 Å². The van der Waals surface area contributed by atoms with Crippen molar-refractivity contribution in [3.05, 3.63) is 12.7 Å². The summed E-state index contributed by atoms with van der Waals surface area (Å²) in [6, 6.07) is 0. The summed E-state index contributed by atoms with van der Waals surface area (Å²) in [5, 5.41) is 9.75. The molecule has 3 nitrogen and oxygen atoms in total. The average molecular weight is 200 g/mol. The van der Waals surface area contributed by atoms with E-state index in [4.69, 9.17) is 9.47 Å². The van der Waals surface area contributed by atoms with Crippen LogP contribution in [-0.2, 0) is 9.47 Å². The molecule has 1 saturated heterocycles. The van der Waals surface area contributed by atoms with Gasteiger partial charge in [0.15, 0.2) is 6.29 Å². The van der Waals surface area contributed by atoms with Gasteiger partial charge in [-0.3, -0.25) is 0 Å². The molecule has 0 amide bonds. The largest absolute Gasteiger partial charge is 0.390 e. The van der Waals surface area contributed by atoms with Crippen molar-refractivity contribution in [3.63, 3.8) is 0 Å². The van der Waals surface area contributed by atoms with Crippen LogP contribution in [0.3, 0.4) is 0 Å². The minimum absolute atomic E-state index is 0.110. The molecule has 1 unspecified atom stereocenters. The first-order chi connectivity index (χ1) is 6.67. The van der Waals surface area contributed by atoms with Gasteiger partial charge in [0.05, 0.1) is 12.2 Å². The van der Waals surface area contributed by atoms with Gasteiger partial charge in [0.2, 0.25) is 0 Å². The van der Waals surface area contributed by atoms with E-state index in [-0.39, 0.29) is 12.4 Å². The van der Waals surface area contributed by atoms with E-state index in [2.05, 4.69) is 13.5 Å². The van der Waals surface area contributed by atoms with Gasteiger partial charge in [-0.2, -0.15) is 0 Å². The molecule has 0 aliphatic carbocycles. The third-order valence-corrected chi connectivity index (χ3v) is 2.66. The zero-order valence-corrected chi connectivity index (χ0v) is 8.98. The lowest BCUT2D eigenvalue weighted by Gasteiger charge is -2.35. The van der Waals surface area contributed by atoms with Gasteiger partial charge in [-0.05, 0) is 18.8 Å². The second-order valence-electron chi connectivity index (χ2n) is 4.01. The van der Waals surface area contributed by atoms with Crippen LogP contribution in [0.15, 0.2) is 12.7 Å². The summed E-state index contributed by atoms with van der Waals surface area (Å²) < 4.78 is 10.8. The molecular formula is C11H20O3.